The van der Waals surface area contributed by atoms with Crippen LogP contribution in [0, 0.1) is 0 Å². The molecule has 1 unspecified atom stereocenters. The molecule has 1 aliphatic heterocycles. The number of methoxy groups -OCH3 is 2. The summed E-state index contributed by atoms with van der Waals surface area (Å²) >= 11 is 0. The highest BCUT2D eigenvalue weighted by Gasteiger charge is 2.30. The summed E-state index contributed by atoms with van der Waals surface area (Å²) in [5.74, 6) is -0.0627. The number of carbonyl (C=O) groups is 3. The van der Waals surface area contributed by atoms with Crippen LogP contribution in [0.1, 0.15) is 23.7 Å². The van der Waals surface area contributed by atoms with E-state index < -0.39 is 0 Å². The zero-order valence-corrected chi connectivity index (χ0v) is 18.7. The molecule has 0 aliphatic carbocycles. The molecule has 8 heteroatoms. The number of nitrogens with one attached hydrogen (secondary N) is 1. The van der Waals surface area contributed by atoms with Gasteiger partial charge in [-0.3, -0.25) is 14.4 Å². The lowest BCUT2D eigenvalue weighted by Gasteiger charge is -2.27. The van der Waals surface area contributed by atoms with Gasteiger partial charge < -0.3 is 24.6 Å². The number of para-hydroxylation sites is 1. The van der Waals surface area contributed by atoms with Crippen LogP contribution in [0.4, 0.5) is 5.69 Å². The number of anilines is 1. The highest BCUT2D eigenvalue weighted by molar-refractivity contribution is 6.01. The average molecular weight is 440 g/mol. The quantitative estimate of drug-likeness (QED) is 0.743. The molecule has 0 fully saturated rings. The molecule has 0 radical (unpaired) electrons. The summed E-state index contributed by atoms with van der Waals surface area (Å²) in [7, 11) is 4.72. The van der Waals surface area contributed by atoms with E-state index in [9.17, 15) is 14.4 Å². The van der Waals surface area contributed by atoms with Crippen LogP contribution < -0.4 is 15.0 Å². The fourth-order valence-corrected chi connectivity index (χ4v) is 3.78. The summed E-state index contributed by atoms with van der Waals surface area (Å²) < 4.78 is 10.9. The molecule has 0 saturated carbocycles. The SMILES string of the molecule is CNC(=O)CN1C(=O)CN(C(=O)Cc2ccc(OC)cc2)CCC(OC)c2ccccc21. The molecule has 170 valence electrons. The minimum absolute atomic E-state index is 0.114. The van der Waals surface area contributed by atoms with Gasteiger partial charge in [0.15, 0.2) is 0 Å². The van der Waals surface area contributed by atoms with Crippen molar-refractivity contribution >= 4 is 23.4 Å². The summed E-state index contributed by atoms with van der Waals surface area (Å²) in [6.07, 6.45) is 0.376. The molecule has 0 aromatic heterocycles. The number of hydrogen-bond acceptors (Lipinski definition) is 5. The Balaban J connectivity index is 1.88. The number of likely N-dealkylation sites (N-methyl/N-ethyl adjacent to an activating group) is 1. The van der Waals surface area contributed by atoms with E-state index in [2.05, 4.69) is 5.32 Å². The van der Waals surface area contributed by atoms with Crippen molar-refractivity contribution in [3.05, 3.63) is 59.7 Å². The lowest BCUT2D eigenvalue weighted by molar-refractivity contribution is -0.135. The van der Waals surface area contributed by atoms with Gasteiger partial charge in [-0.05, 0) is 30.2 Å². The Morgan fingerprint density at radius 2 is 1.81 bits per heavy atom. The molecule has 0 spiro atoms. The highest BCUT2D eigenvalue weighted by atomic mass is 16.5. The van der Waals surface area contributed by atoms with Crippen molar-refractivity contribution in [1.29, 1.82) is 0 Å². The minimum atomic E-state index is -0.319. The van der Waals surface area contributed by atoms with E-state index in [4.69, 9.17) is 9.47 Å². The Morgan fingerprint density at radius 1 is 1.09 bits per heavy atom. The second kappa shape index (κ2) is 10.8. The fraction of sp³-hybridized carbons (Fsp3) is 0.375. The van der Waals surface area contributed by atoms with Crippen molar-refractivity contribution in [2.45, 2.75) is 18.9 Å². The van der Waals surface area contributed by atoms with E-state index in [1.165, 1.54) is 11.9 Å². The third-order valence-corrected chi connectivity index (χ3v) is 5.59. The molecule has 0 saturated heterocycles. The zero-order chi connectivity index (χ0) is 23.1. The van der Waals surface area contributed by atoms with Gasteiger partial charge in [-0.2, -0.15) is 0 Å². The molecule has 8 nitrogen and oxygen atoms in total. The smallest absolute Gasteiger partial charge is 0.247 e. The molecule has 3 rings (SSSR count). The number of rotatable bonds is 6. The van der Waals surface area contributed by atoms with Gasteiger partial charge in [0.05, 0.1) is 25.3 Å². The van der Waals surface area contributed by atoms with Crippen LogP contribution in [0.2, 0.25) is 0 Å². The van der Waals surface area contributed by atoms with Crippen LogP contribution >= 0.6 is 0 Å². The fourth-order valence-electron chi connectivity index (χ4n) is 3.78. The van der Waals surface area contributed by atoms with Crippen LogP contribution in [0.15, 0.2) is 48.5 Å². The van der Waals surface area contributed by atoms with Crippen molar-refractivity contribution in [3.63, 3.8) is 0 Å². The first-order chi connectivity index (χ1) is 15.5. The predicted octanol–water partition coefficient (Wildman–Crippen LogP) is 1.94. The molecule has 32 heavy (non-hydrogen) atoms. The molecule has 2 aromatic rings. The van der Waals surface area contributed by atoms with Crippen molar-refractivity contribution < 1.29 is 23.9 Å². The van der Waals surface area contributed by atoms with Crippen LogP contribution in [0.25, 0.3) is 0 Å². The zero-order valence-electron chi connectivity index (χ0n) is 18.7. The van der Waals surface area contributed by atoms with Crippen LogP contribution in [0.5, 0.6) is 5.75 Å². The van der Waals surface area contributed by atoms with Gasteiger partial charge >= 0.3 is 0 Å². The van der Waals surface area contributed by atoms with E-state index >= 15 is 0 Å². The van der Waals surface area contributed by atoms with E-state index in [1.807, 2.05) is 30.3 Å². The summed E-state index contributed by atoms with van der Waals surface area (Å²) in [6, 6.07) is 14.7. The Bertz CT molecular complexity index is 960. The number of ether oxygens (including phenoxy) is 2. The summed E-state index contributed by atoms with van der Waals surface area (Å²) in [5, 5.41) is 2.56. The maximum Gasteiger partial charge on any atom is 0.247 e. The van der Waals surface area contributed by atoms with E-state index in [0.29, 0.717) is 24.4 Å². The second-order valence-electron chi connectivity index (χ2n) is 7.57. The number of amides is 3. The predicted molar refractivity (Wildman–Crippen MR) is 121 cm³/mol. The lowest BCUT2D eigenvalue weighted by atomic mass is 10.0. The van der Waals surface area contributed by atoms with E-state index in [-0.39, 0.29) is 43.3 Å². The number of fused-ring (bicyclic) bond motifs is 1. The third-order valence-electron chi connectivity index (χ3n) is 5.59. The Hall–Kier alpha value is -3.39. The largest absolute Gasteiger partial charge is 0.497 e. The van der Waals surface area contributed by atoms with Crippen molar-refractivity contribution in [3.8, 4) is 5.75 Å². The summed E-state index contributed by atoms with van der Waals surface area (Å²) in [5.41, 5.74) is 2.27. The summed E-state index contributed by atoms with van der Waals surface area (Å²) in [4.78, 5) is 41.5. The first kappa shape index (κ1) is 23.3. The molecule has 2 aromatic carbocycles. The van der Waals surface area contributed by atoms with Gasteiger partial charge in [-0.1, -0.05) is 30.3 Å². The molecule has 3 amide bonds. The van der Waals surface area contributed by atoms with Crippen LogP contribution in [-0.4, -0.2) is 63.5 Å². The minimum Gasteiger partial charge on any atom is -0.497 e. The monoisotopic (exact) mass is 439 g/mol. The standard InChI is InChI=1S/C24H29N3O5/c1-25-22(28)15-27-20-7-5-4-6-19(20)21(32-3)12-13-26(16-24(27)30)23(29)14-17-8-10-18(31-2)11-9-17/h4-11,21H,12-16H2,1-3H3,(H,25,28). The van der Waals surface area contributed by atoms with Gasteiger partial charge in [0.1, 0.15) is 18.8 Å². The lowest BCUT2D eigenvalue weighted by Crippen LogP contribution is -2.46. The number of hydrogen-bond donors (Lipinski definition) is 1. The van der Waals surface area contributed by atoms with Gasteiger partial charge in [-0.25, -0.2) is 0 Å². The van der Waals surface area contributed by atoms with Crippen LogP contribution in [-0.2, 0) is 25.5 Å². The summed E-state index contributed by atoms with van der Waals surface area (Å²) in [6.45, 7) is 0.113. The number of nitrogens with zero attached hydrogens (tertiary/aromatic N) is 2. The van der Waals surface area contributed by atoms with E-state index in [0.717, 1.165) is 11.1 Å². The van der Waals surface area contributed by atoms with Gasteiger partial charge in [0.25, 0.3) is 0 Å². The Morgan fingerprint density at radius 3 is 2.47 bits per heavy atom. The Kier molecular flexibility index (Phi) is 7.83. The molecule has 1 atom stereocenters. The van der Waals surface area contributed by atoms with Crippen molar-refractivity contribution in [2.24, 2.45) is 0 Å². The maximum absolute atomic E-state index is 13.3. The van der Waals surface area contributed by atoms with Crippen molar-refractivity contribution in [1.82, 2.24) is 10.2 Å². The van der Waals surface area contributed by atoms with Gasteiger partial charge in [0, 0.05) is 26.3 Å². The molecular weight excluding hydrogens is 410 g/mol. The second-order valence-corrected chi connectivity index (χ2v) is 7.57. The van der Waals surface area contributed by atoms with Crippen molar-refractivity contribution in [2.75, 3.05) is 45.8 Å². The first-order valence-corrected chi connectivity index (χ1v) is 10.5. The molecular formula is C24H29N3O5. The maximum atomic E-state index is 13.3. The van der Waals surface area contributed by atoms with Crippen LogP contribution in [0.3, 0.4) is 0 Å². The molecule has 1 N–H and O–H groups in total. The Labute approximate surface area is 188 Å². The third kappa shape index (κ3) is 5.45. The topological polar surface area (TPSA) is 88.2 Å². The normalized spacial score (nSPS) is 16.5. The number of benzene rings is 2. The average Bonchev–Trinajstić information content (AvgIpc) is 2.87. The molecule has 0 bridgehead atoms. The molecule has 1 heterocycles. The van der Waals surface area contributed by atoms with E-state index in [1.54, 1.807) is 37.3 Å². The van der Waals surface area contributed by atoms with Gasteiger partial charge in [-0.15, -0.1) is 0 Å². The first-order valence-electron chi connectivity index (χ1n) is 10.5. The number of carbonyl (C=O) groups excluding carboxylic acids is 3. The highest BCUT2D eigenvalue weighted by Crippen LogP contribution is 2.32. The molecule has 1 aliphatic rings. The van der Waals surface area contributed by atoms with Gasteiger partial charge in [0.2, 0.25) is 17.7 Å².